The fourth-order valence-corrected chi connectivity index (χ4v) is 3.79. The molecule has 3 rings (SSSR count). The minimum absolute atomic E-state index is 0.0783. The molecule has 0 aliphatic heterocycles. The molecule has 164 valence electrons. The third-order valence-electron chi connectivity index (χ3n) is 5.20. The highest BCUT2D eigenvalue weighted by Crippen LogP contribution is 2.44. The zero-order valence-corrected chi connectivity index (χ0v) is 17.4. The van der Waals surface area contributed by atoms with E-state index in [0.29, 0.717) is 0 Å². The number of carboxylic acids is 1. The summed E-state index contributed by atoms with van der Waals surface area (Å²) in [6, 6.07) is 14.6. The molecule has 0 heterocycles. The van der Waals surface area contributed by atoms with Crippen LogP contribution in [-0.4, -0.2) is 53.0 Å². The van der Waals surface area contributed by atoms with E-state index in [2.05, 4.69) is 10.6 Å². The molecule has 0 fully saturated rings. The zero-order chi connectivity index (χ0) is 22.6. The van der Waals surface area contributed by atoms with Crippen molar-refractivity contribution >= 4 is 18.0 Å². The predicted molar refractivity (Wildman–Crippen MR) is 114 cm³/mol. The van der Waals surface area contributed by atoms with Crippen molar-refractivity contribution in [1.29, 1.82) is 0 Å². The number of fused-ring (bicyclic) bond motifs is 3. The Morgan fingerprint density at radius 2 is 1.58 bits per heavy atom. The molecule has 2 amide bonds. The molecular formula is C23H26N2O6. The van der Waals surface area contributed by atoms with Crippen LogP contribution in [0.2, 0.25) is 0 Å². The second-order valence-corrected chi connectivity index (χ2v) is 8.15. The van der Waals surface area contributed by atoms with E-state index >= 15 is 0 Å². The van der Waals surface area contributed by atoms with E-state index in [1.165, 1.54) is 0 Å². The van der Waals surface area contributed by atoms with Gasteiger partial charge in [0.15, 0.2) is 0 Å². The number of nitrogens with one attached hydrogen (secondary N) is 2. The average Bonchev–Trinajstić information content (AvgIpc) is 3.03. The molecule has 1 aliphatic rings. The van der Waals surface area contributed by atoms with Gasteiger partial charge in [0.25, 0.3) is 0 Å². The van der Waals surface area contributed by atoms with Crippen molar-refractivity contribution in [3.8, 4) is 11.1 Å². The van der Waals surface area contributed by atoms with Gasteiger partial charge in [-0.2, -0.15) is 0 Å². The lowest BCUT2D eigenvalue weighted by Gasteiger charge is -2.26. The standard InChI is InChI=1S/C23H26N2O6/c1-23(2,11-20(27)24-19(12-26)21(28)29)25-22(30)31-13-18-16-9-5-3-7-14(16)15-8-4-6-10-17(15)18/h3-10,18-19,26H,11-13H2,1-2H3,(H,24,27)(H,25,30)(H,28,29)/t19-/m1/s1. The summed E-state index contributed by atoms with van der Waals surface area (Å²) in [4.78, 5) is 35.4. The van der Waals surface area contributed by atoms with Gasteiger partial charge in [-0.05, 0) is 36.1 Å². The third kappa shape index (κ3) is 5.21. The summed E-state index contributed by atoms with van der Waals surface area (Å²) in [6.45, 7) is 2.68. The van der Waals surface area contributed by atoms with Crippen LogP contribution >= 0.6 is 0 Å². The Morgan fingerprint density at radius 3 is 2.10 bits per heavy atom. The smallest absolute Gasteiger partial charge is 0.407 e. The normalized spacial score (nSPS) is 13.6. The number of amides is 2. The molecule has 0 saturated carbocycles. The number of carbonyl (C=O) groups is 3. The number of hydrogen-bond donors (Lipinski definition) is 4. The maximum atomic E-state index is 12.4. The number of rotatable bonds is 8. The van der Waals surface area contributed by atoms with Gasteiger partial charge in [-0.25, -0.2) is 9.59 Å². The number of ether oxygens (including phenoxy) is 1. The van der Waals surface area contributed by atoms with Crippen LogP contribution in [0.3, 0.4) is 0 Å². The van der Waals surface area contributed by atoms with Crippen molar-refractivity contribution in [2.75, 3.05) is 13.2 Å². The van der Waals surface area contributed by atoms with Gasteiger partial charge >= 0.3 is 12.1 Å². The van der Waals surface area contributed by atoms with Gasteiger partial charge in [0.05, 0.1) is 6.61 Å². The SMILES string of the molecule is CC(C)(CC(=O)N[C@H](CO)C(=O)O)NC(=O)OCC1c2ccccc2-c2ccccc21. The highest BCUT2D eigenvalue weighted by molar-refractivity contribution is 5.84. The Hall–Kier alpha value is -3.39. The predicted octanol–water partition coefficient (Wildman–Crippen LogP) is 2.26. The molecule has 0 spiro atoms. The highest BCUT2D eigenvalue weighted by Gasteiger charge is 2.31. The second kappa shape index (κ2) is 9.18. The second-order valence-electron chi connectivity index (χ2n) is 8.15. The maximum absolute atomic E-state index is 12.4. The van der Waals surface area contributed by atoms with E-state index in [1.807, 2.05) is 48.5 Å². The summed E-state index contributed by atoms with van der Waals surface area (Å²) >= 11 is 0. The molecule has 0 aromatic heterocycles. The summed E-state index contributed by atoms with van der Waals surface area (Å²) in [6.07, 6.45) is -0.849. The zero-order valence-electron chi connectivity index (χ0n) is 17.4. The number of carbonyl (C=O) groups excluding carboxylic acids is 2. The molecule has 31 heavy (non-hydrogen) atoms. The summed E-state index contributed by atoms with van der Waals surface area (Å²) in [7, 11) is 0. The first-order valence-electron chi connectivity index (χ1n) is 9.98. The van der Waals surface area contributed by atoms with Crippen molar-refractivity contribution in [1.82, 2.24) is 10.6 Å². The lowest BCUT2D eigenvalue weighted by molar-refractivity contribution is -0.143. The molecule has 4 N–H and O–H groups in total. The summed E-state index contributed by atoms with van der Waals surface area (Å²) in [5.74, 6) is -2.02. The van der Waals surface area contributed by atoms with Crippen molar-refractivity contribution in [3.63, 3.8) is 0 Å². The van der Waals surface area contributed by atoms with Gasteiger partial charge in [-0.1, -0.05) is 48.5 Å². The van der Waals surface area contributed by atoms with Crippen LogP contribution in [0, 0.1) is 0 Å². The number of aliphatic hydroxyl groups is 1. The summed E-state index contributed by atoms with van der Waals surface area (Å²) in [5.41, 5.74) is 3.46. The largest absolute Gasteiger partial charge is 0.480 e. The van der Waals surface area contributed by atoms with Crippen LogP contribution in [0.5, 0.6) is 0 Å². The molecule has 0 unspecified atom stereocenters. The van der Waals surface area contributed by atoms with Crippen molar-refractivity contribution in [2.24, 2.45) is 0 Å². The Kier molecular flexibility index (Phi) is 6.60. The van der Waals surface area contributed by atoms with E-state index in [9.17, 15) is 14.4 Å². The molecule has 0 bridgehead atoms. The van der Waals surface area contributed by atoms with E-state index in [4.69, 9.17) is 14.9 Å². The van der Waals surface area contributed by atoms with Crippen LogP contribution in [0.15, 0.2) is 48.5 Å². The highest BCUT2D eigenvalue weighted by atomic mass is 16.5. The van der Waals surface area contributed by atoms with Crippen LogP contribution in [0.1, 0.15) is 37.3 Å². The number of benzene rings is 2. The van der Waals surface area contributed by atoms with E-state index in [1.54, 1.807) is 13.8 Å². The van der Waals surface area contributed by atoms with E-state index < -0.39 is 36.2 Å². The molecule has 1 aliphatic carbocycles. The van der Waals surface area contributed by atoms with Crippen LogP contribution in [0.4, 0.5) is 4.79 Å². The number of alkyl carbamates (subject to hydrolysis) is 1. The fraction of sp³-hybridized carbons (Fsp3) is 0.348. The Labute approximate surface area is 180 Å². The first-order chi connectivity index (χ1) is 14.7. The monoisotopic (exact) mass is 426 g/mol. The molecule has 2 aromatic carbocycles. The molecule has 8 nitrogen and oxygen atoms in total. The van der Waals surface area contributed by atoms with Gasteiger partial charge in [-0.15, -0.1) is 0 Å². The Bertz CT molecular complexity index is 942. The fourth-order valence-electron chi connectivity index (χ4n) is 3.79. The lowest BCUT2D eigenvalue weighted by Crippen LogP contribution is -2.50. The van der Waals surface area contributed by atoms with E-state index in [-0.39, 0.29) is 18.9 Å². The van der Waals surface area contributed by atoms with Crippen molar-refractivity contribution in [3.05, 3.63) is 59.7 Å². The summed E-state index contributed by atoms with van der Waals surface area (Å²) < 4.78 is 5.48. The minimum Gasteiger partial charge on any atom is -0.480 e. The van der Waals surface area contributed by atoms with Gasteiger partial charge in [0, 0.05) is 17.9 Å². The van der Waals surface area contributed by atoms with E-state index in [0.717, 1.165) is 22.3 Å². The lowest BCUT2D eigenvalue weighted by atomic mass is 9.98. The molecule has 8 heteroatoms. The van der Waals surface area contributed by atoms with Crippen LogP contribution in [-0.2, 0) is 14.3 Å². The minimum atomic E-state index is -1.39. The Balaban J connectivity index is 1.59. The van der Waals surface area contributed by atoms with Crippen molar-refractivity contribution < 1.29 is 29.3 Å². The van der Waals surface area contributed by atoms with Gasteiger partial charge in [0.1, 0.15) is 12.6 Å². The summed E-state index contributed by atoms with van der Waals surface area (Å²) in [5, 5.41) is 22.8. The molecule has 1 atom stereocenters. The van der Waals surface area contributed by atoms with Crippen LogP contribution in [0.25, 0.3) is 11.1 Å². The van der Waals surface area contributed by atoms with Gasteiger partial charge in [0.2, 0.25) is 5.91 Å². The molecule has 0 radical (unpaired) electrons. The number of hydrogen-bond acceptors (Lipinski definition) is 5. The van der Waals surface area contributed by atoms with Crippen molar-refractivity contribution in [2.45, 2.75) is 37.8 Å². The number of carboxylic acid groups (broad SMARTS) is 1. The third-order valence-corrected chi connectivity index (χ3v) is 5.20. The van der Waals surface area contributed by atoms with Gasteiger partial charge in [-0.3, -0.25) is 4.79 Å². The molecular weight excluding hydrogens is 400 g/mol. The number of aliphatic hydroxyl groups excluding tert-OH is 1. The van der Waals surface area contributed by atoms with Crippen LogP contribution < -0.4 is 10.6 Å². The first kappa shape index (κ1) is 22.3. The van der Waals surface area contributed by atoms with Gasteiger partial charge < -0.3 is 25.6 Å². The molecule has 2 aromatic rings. The average molecular weight is 426 g/mol. The first-order valence-corrected chi connectivity index (χ1v) is 9.98. The Morgan fingerprint density at radius 1 is 1.03 bits per heavy atom. The maximum Gasteiger partial charge on any atom is 0.407 e. The number of aliphatic carboxylic acids is 1. The topological polar surface area (TPSA) is 125 Å². The quantitative estimate of drug-likeness (QED) is 0.513. The molecule has 0 saturated heterocycles.